The van der Waals surface area contributed by atoms with Crippen molar-refractivity contribution in [1.29, 1.82) is 0 Å². The zero-order valence-electron chi connectivity index (χ0n) is 30.6. The van der Waals surface area contributed by atoms with Gasteiger partial charge in [0.05, 0.1) is 5.69 Å². The Morgan fingerprint density at radius 1 is 0.434 bits per heavy atom. The van der Waals surface area contributed by atoms with Crippen LogP contribution in [0.3, 0.4) is 0 Å². The first-order valence-corrected chi connectivity index (χ1v) is 20.7. The molecule has 1 nitrogen and oxygen atoms in total. The van der Waals surface area contributed by atoms with Gasteiger partial charge >= 0.3 is 0 Å². The number of benzene rings is 6. The van der Waals surface area contributed by atoms with Crippen LogP contribution in [0, 0.1) is 23.7 Å². The fraction of sp³-hybridized carbons (Fsp3) is 0.308. The number of nitrogens with zero attached hydrogens (tertiary/aromatic N) is 1. The summed E-state index contributed by atoms with van der Waals surface area (Å²) in [7, 11) is 0. The van der Waals surface area contributed by atoms with E-state index in [-0.39, 0.29) is 10.8 Å². The van der Waals surface area contributed by atoms with Gasteiger partial charge in [-0.2, -0.15) is 0 Å². The number of hydrogen-bond acceptors (Lipinski definition) is 1. The maximum atomic E-state index is 2.60. The summed E-state index contributed by atoms with van der Waals surface area (Å²) < 4.78 is 0. The van der Waals surface area contributed by atoms with E-state index in [2.05, 4.69) is 144 Å². The molecule has 7 aliphatic rings. The minimum absolute atomic E-state index is 0.162. The van der Waals surface area contributed by atoms with E-state index in [0.29, 0.717) is 0 Å². The summed E-state index contributed by atoms with van der Waals surface area (Å²) in [6.45, 7) is 0. The van der Waals surface area contributed by atoms with Gasteiger partial charge in [-0.15, -0.1) is 0 Å². The van der Waals surface area contributed by atoms with Gasteiger partial charge in [-0.1, -0.05) is 128 Å². The number of fused-ring (bicyclic) bond motifs is 9. The van der Waals surface area contributed by atoms with Crippen molar-refractivity contribution in [3.8, 4) is 33.4 Å². The highest BCUT2D eigenvalue weighted by Gasteiger charge is 2.59. The first kappa shape index (κ1) is 30.6. The van der Waals surface area contributed by atoms with E-state index in [1.807, 2.05) is 0 Å². The van der Waals surface area contributed by atoms with Gasteiger partial charge in [-0.3, -0.25) is 0 Å². The van der Waals surface area contributed by atoms with Gasteiger partial charge in [-0.05, 0) is 149 Å². The molecule has 5 atom stereocenters. The van der Waals surface area contributed by atoms with Crippen LogP contribution < -0.4 is 4.90 Å². The summed E-state index contributed by atoms with van der Waals surface area (Å²) in [6.07, 6.45) is 13.7. The molecule has 0 aromatic heterocycles. The molecule has 6 aromatic rings. The average molecular weight is 686 g/mol. The summed E-state index contributed by atoms with van der Waals surface area (Å²) in [5.74, 6) is 3.37. The van der Waals surface area contributed by atoms with Crippen LogP contribution in [0.2, 0.25) is 0 Å². The van der Waals surface area contributed by atoms with Gasteiger partial charge in [0, 0.05) is 27.8 Å². The van der Waals surface area contributed by atoms with Crippen molar-refractivity contribution in [3.63, 3.8) is 0 Å². The Kier molecular flexibility index (Phi) is 6.53. The summed E-state index contributed by atoms with van der Waals surface area (Å²) >= 11 is 0. The van der Waals surface area contributed by atoms with Crippen LogP contribution in [0.15, 0.2) is 140 Å². The largest absolute Gasteiger partial charge is 0.310 e. The molecule has 7 aliphatic carbocycles. The third kappa shape index (κ3) is 4.15. The second kappa shape index (κ2) is 11.3. The standard InChI is InChI=1S/C52H47N/c1-2-12-36(13-3-1)41-14-6-9-19-50(41)53(39-22-24-47-44(32-39)42-15-4-7-17-46(42)51(47)26-10-11-27-51)40-23-25-49-45(33-40)43-16-5-8-18-48(43)52(49)37-21-20-34-28-35(30-37)31-38(52)29-34/h1-9,12-19,22-25,32-35,37-38H,10-11,20-21,26-31H2/t34?,35-,37?,38?,52?/m0/s1. The first-order chi connectivity index (χ1) is 26.2. The predicted molar refractivity (Wildman–Crippen MR) is 219 cm³/mol. The van der Waals surface area contributed by atoms with Crippen molar-refractivity contribution in [3.05, 3.63) is 162 Å². The number of anilines is 3. The lowest BCUT2D eigenvalue weighted by molar-refractivity contribution is 0.0618. The molecule has 0 radical (unpaired) electrons. The lowest BCUT2D eigenvalue weighted by atomic mass is 9.51. The highest BCUT2D eigenvalue weighted by atomic mass is 15.1. The monoisotopic (exact) mass is 685 g/mol. The van der Waals surface area contributed by atoms with Crippen LogP contribution in [0.25, 0.3) is 33.4 Å². The average Bonchev–Trinajstić information content (AvgIpc) is 3.84. The zero-order valence-corrected chi connectivity index (χ0v) is 30.6. The van der Waals surface area contributed by atoms with Crippen molar-refractivity contribution in [2.75, 3.05) is 4.90 Å². The third-order valence-corrected chi connectivity index (χ3v) is 15.3. The Balaban J connectivity index is 1.08. The van der Waals surface area contributed by atoms with Crippen LogP contribution in [-0.4, -0.2) is 0 Å². The van der Waals surface area contributed by atoms with Gasteiger partial charge in [0.25, 0.3) is 0 Å². The Morgan fingerprint density at radius 2 is 1.00 bits per heavy atom. The van der Waals surface area contributed by atoms with E-state index in [4.69, 9.17) is 0 Å². The molecule has 0 saturated heterocycles. The number of para-hydroxylation sites is 1. The van der Waals surface area contributed by atoms with Crippen molar-refractivity contribution in [1.82, 2.24) is 0 Å². The number of rotatable bonds is 4. The van der Waals surface area contributed by atoms with Crippen molar-refractivity contribution in [2.24, 2.45) is 23.7 Å². The molecule has 4 bridgehead atoms. The van der Waals surface area contributed by atoms with E-state index < -0.39 is 0 Å². The molecule has 5 fully saturated rings. The molecule has 1 heteroatoms. The van der Waals surface area contributed by atoms with Gasteiger partial charge in [-0.25, -0.2) is 0 Å². The Hall–Kier alpha value is -4.88. The highest BCUT2D eigenvalue weighted by molar-refractivity contribution is 5.93. The molecule has 2 spiro atoms. The van der Waals surface area contributed by atoms with Crippen LogP contribution in [0.5, 0.6) is 0 Å². The molecule has 260 valence electrons. The van der Waals surface area contributed by atoms with E-state index in [9.17, 15) is 0 Å². The minimum Gasteiger partial charge on any atom is -0.310 e. The molecular formula is C52H47N. The van der Waals surface area contributed by atoms with E-state index in [0.717, 1.165) is 23.7 Å². The summed E-state index contributed by atoms with van der Waals surface area (Å²) in [6, 6.07) is 54.1. The van der Waals surface area contributed by atoms with E-state index >= 15 is 0 Å². The van der Waals surface area contributed by atoms with Gasteiger partial charge in [0.15, 0.2) is 0 Å². The second-order valence-electron chi connectivity index (χ2n) is 17.6. The van der Waals surface area contributed by atoms with E-state index in [1.165, 1.54) is 115 Å². The zero-order chi connectivity index (χ0) is 34.7. The smallest absolute Gasteiger partial charge is 0.0540 e. The molecule has 13 rings (SSSR count). The lowest BCUT2D eigenvalue weighted by Crippen LogP contribution is -2.48. The molecule has 0 heterocycles. The SMILES string of the molecule is c1ccc(-c2ccccc2N(c2ccc3c(c2)-c2ccccc2C32CCCC2)c2ccc3c(c2)-c2ccccc2C32C3CCC4CC2C[C@@H](C4)C3)cc1. The molecule has 0 aliphatic heterocycles. The molecule has 5 saturated carbocycles. The maximum Gasteiger partial charge on any atom is 0.0540 e. The van der Waals surface area contributed by atoms with Crippen molar-refractivity contribution < 1.29 is 0 Å². The molecule has 4 unspecified atom stereocenters. The Bertz CT molecular complexity index is 2400. The molecular weight excluding hydrogens is 639 g/mol. The minimum atomic E-state index is 0.162. The first-order valence-electron chi connectivity index (χ1n) is 20.7. The second-order valence-corrected chi connectivity index (χ2v) is 17.6. The van der Waals surface area contributed by atoms with E-state index in [1.54, 1.807) is 22.3 Å². The van der Waals surface area contributed by atoms with Crippen LogP contribution in [0.1, 0.15) is 86.5 Å². The van der Waals surface area contributed by atoms with Crippen LogP contribution in [0.4, 0.5) is 17.1 Å². The maximum absolute atomic E-state index is 2.60. The van der Waals surface area contributed by atoms with Crippen LogP contribution >= 0.6 is 0 Å². The lowest BCUT2D eigenvalue weighted by Gasteiger charge is -2.53. The van der Waals surface area contributed by atoms with Crippen molar-refractivity contribution >= 4 is 17.1 Å². The Labute approximate surface area is 314 Å². The van der Waals surface area contributed by atoms with Crippen molar-refractivity contribution in [2.45, 2.75) is 75.0 Å². The molecule has 0 amide bonds. The topological polar surface area (TPSA) is 3.24 Å². The third-order valence-electron chi connectivity index (χ3n) is 15.3. The normalized spacial score (nSPS) is 26.3. The van der Waals surface area contributed by atoms with Crippen LogP contribution in [-0.2, 0) is 10.8 Å². The van der Waals surface area contributed by atoms with Gasteiger partial charge < -0.3 is 4.90 Å². The molecule has 53 heavy (non-hydrogen) atoms. The Morgan fingerprint density at radius 3 is 1.79 bits per heavy atom. The van der Waals surface area contributed by atoms with Gasteiger partial charge in [0.2, 0.25) is 0 Å². The number of hydrogen-bond donors (Lipinski definition) is 0. The van der Waals surface area contributed by atoms with Gasteiger partial charge in [0.1, 0.15) is 0 Å². The molecule has 6 aromatic carbocycles. The quantitative estimate of drug-likeness (QED) is 0.179. The fourth-order valence-electron chi connectivity index (χ4n) is 13.5. The summed E-state index contributed by atoms with van der Waals surface area (Å²) in [4.78, 5) is 2.59. The molecule has 0 N–H and O–H groups in total. The fourth-order valence-corrected chi connectivity index (χ4v) is 13.5. The summed E-state index contributed by atoms with van der Waals surface area (Å²) in [5, 5.41) is 0. The predicted octanol–water partition coefficient (Wildman–Crippen LogP) is 13.8. The highest BCUT2D eigenvalue weighted by Crippen LogP contribution is 2.68. The summed E-state index contributed by atoms with van der Waals surface area (Å²) in [5.41, 5.74) is 18.7.